The Balaban J connectivity index is 1.96. The Bertz CT molecular complexity index is 201. The van der Waals surface area contributed by atoms with E-state index in [2.05, 4.69) is 4.90 Å². The summed E-state index contributed by atoms with van der Waals surface area (Å²) in [4.78, 5) is 13.1. The van der Waals surface area contributed by atoms with E-state index in [0.29, 0.717) is 5.92 Å². The predicted octanol–water partition coefficient (Wildman–Crippen LogP) is 0.801. The third kappa shape index (κ3) is 1.33. The van der Waals surface area contributed by atoms with Gasteiger partial charge >= 0.3 is 5.97 Å². The number of rotatable bonds is 2. The number of aliphatic carboxylic acids is 1. The molecule has 1 saturated heterocycles. The van der Waals surface area contributed by atoms with E-state index in [9.17, 15) is 4.79 Å². The molecular weight excluding hydrogens is 154 g/mol. The van der Waals surface area contributed by atoms with E-state index in [1.54, 1.807) is 0 Å². The van der Waals surface area contributed by atoms with Crippen molar-refractivity contribution < 1.29 is 9.90 Å². The van der Waals surface area contributed by atoms with Gasteiger partial charge in [-0.1, -0.05) is 6.92 Å². The van der Waals surface area contributed by atoms with Crippen molar-refractivity contribution >= 4 is 5.97 Å². The van der Waals surface area contributed by atoms with Gasteiger partial charge < -0.3 is 5.11 Å². The number of nitrogens with zero attached hydrogens (tertiary/aromatic N) is 1. The molecule has 2 fully saturated rings. The molecule has 1 saturated carbocycles. The van der Waals surface area contributed by atoms with Crippen molar-refractivity contribution in [3.05, 3.63) is 0 Å². The van der Waals surface area contributed by atoms with Crippen LogP contribution in [-0.4, -0.2) is 35.1 Å². The van der Waals surface area contributed by atoms with Gasteiger partial charge in [0, 0.05) is 19.1 Å². The molecule has 0 bridgehead atoms. The van der Waals surface area contributed by atoms with E-state index in [-0.39, 0.29) is 5.92 Å². The number of carboxylic acid groups (broad SMARTS) is 1. The quantitative estimate of drug-likeness (QED) is 0.664. The first-order valence-corrected chi connectivity index (χ1v) is 4.65. The summed E-state index contributed by atoms with van der Waals surface area (Å²) < 4.78 is 0. The van der Waals surface area contributed by atoms with Crippen molar-refractivity contribution in [3.8, 4) is 0 Å². The maximum absolute atomic E-state index is 10.8. The highest BCUT2D eigenvalue weighted by molar-refractivity contribution is 5.71. The van der Waals surface area contributed by atoms with Crippen LogP contribution < -0.4 is 0 Å². The minimum Gasteiger partial charge on any atom is -0.481 e. The van der Waals surface area contributed by atoms with Crippen LogP contribution in [0.3, 0.4) is 0 Å². The second-order valence-electron chi connectivity index (χ2n) is 4.11. The zero-order chi connectivity index (χ0) is 8.72. The lowest BCUT2D eigenvalue weighted by Gasteiger charge is -2.12. The highest BCUT2D eigenvalue weighted by Gasteiger charge is 2.40. The van der Waals surface area contributed by atoms with Crippen LogP contribution in [0.25, 0.3) is 0 Å². The van der Waals surface area contributed by atoms with Gasteiger partial charge in [-0.3, -0.25) is 9.69 Å². The smallest absolute Gasteiger partial charge is 0.308 e. The number of carboxylic acids is 1. The standard InChI is InChI=1S/C9H15NO2/c1-6-4-10(7-2-3-7)5-8(6)9(11)12/h6-8H,2-5H2,1H3,(H,11,12)/t6-,8-/m1/s1. The largest absolute Gasteiger partial charge is 0.481 e. The monoisotopic (exact) mass is 169 g/mol. The SMILES string of the molecule is C[C@@H]1CN(C2CC2)C[C@H]1C(=O)O. The first kappa shape index (κ1) is 8.05. The zero-order valence-electron chi connectivity index (χ0n) is 7.36. The summed E-state index contributed by atoms with van der Waals surface area (Å²) in [5.74, 6) is -0.403. The van der Waals surface area contributed by atoms with Gasteiger partial charge in [-0.25, -0.2) is 0 Å². The molecule has 0 aromatic heterocycles. The summed E-state index contributed by atoms with van der Waals surface area (Å²) >= 11 is 0. The Kier molecular flexibility index (Phi) is 1.83. The Labute approximate surface area is 72.4 Å². The second kappa shape index (κ2) is 2.73. The van der Waals surface area contributed by atoms with E-state index in [1.807, 2.05) is 6.92 Å². The van der Waals surface area contributed by atoms with Crippen LogP contribution in [0.15, 0.2) is 0 Å². The second-order valence-corrected chi connectivity index (χ2v) is 4.11. The maximum atomic E-state index is 10.8. The van der Waals surface area contributed by atoms with Crippen LogP contribution in [0.5, 0.6) is 0 Å². The van der Waals surface area contributed by atoms with Crippen LogP contribution in [0.1, 0.15) is 19.8 Å². The Morgan fingerprint density at radius 2 is 2.08 bits per heavy atom. The van der Waals surface area contributed by atoms with Gasteiger partial charge in [0.1, 0.15) is 0 Å². The summed E-state index contributed by atoms with van der Waals surface area (Å²) in [5.41, 5.74) is 0. The van der Waals surface area contributed by atoms with Crippen molar-refractivity contribution in [2.45, 2.75) is 25.8 Å². The first-order valence-electron chi connectivity index (χ1n) is 4.65. The molecule has 3 heteroatoms. The molecule has 1 aliphatic heterocycles. The maximum Gasteiger partial charge on any atom is 0.308 e. The van der Waals surface area contributed by atoms with Gasteiger partial charge in [0.2, 0.25) is 0 Å². The van der Waals surface area contributed by atoms with Gasteiger partial charge in [-0.2, -0.15) is 0 Å². The third-order valence-electron chi connectivity index (χ3n) is 3.02. The van der Waals surface area contributed by atoms with Crippen LogP contribution in [0, 0.1) is 11.8 Å². The summed E-state index contributed by atoms with van der Waals surface area (Å²) in [6.45, 7) is 3.81. The molecule has 1 N–H and O–H groups in total. The Morgan fingerprint density at radius 3 is 2.50 bits per heavy atom. The fourth-order valence-corrected chi connectivity index (χ4v) is 2.06. The van der Waals surface area contributed by atoms with Crippen LogP contribution in [-0.2, 0) is 4.79 Å². The molecule has 0 amide bonds. The number of hydrogen-bond acceptors (Lipinski definition) is 2. The molecule has 12 heavy (non-hydrogen) atoms. The third-order valence-corrected chi connectivity index (χ3v) is 3.02. The molecule has 1 aliphatic carbocycles. The molecule has 0 unspecified atom stereocenters. The summed E-state index contributed by atoms with van der Waals surface area (Å²) in [5, 5.41) is 8.88. The van der Waals surface area contributed by atoms with Gasteiger partial charge in [-0.05, 0) is 18.8 Å². The van der Waals surface area contributed by atoms with Crippen molar-refractivity contribution in [2.24, 2.45) is 11.8 Å². The van der Waals surface area contributed by atoms with E-state index >= 15 is 0 Å². The molecule has 0 spiro atoms. The molecule has 68 valence electrons. The van der Waals surface area contributed by atoms with Gasteiger partial charge in [0.25, 0.3) is 0 Å². The van der Waals surface area contributed by atoms with Crippen molar-refractivity contribution in [2.75, 3.05) is 13.1 Å². The normalized spacial score (nSPS) is 37.1. The molecule has 3 nitrogen and oxygen atoms in total. The average molecular weight is 169 g/mol. The minimum absolute atomic E-state index is 0.120. The van der Waals surface area contributed by atoms with E-state index in [1.165, 1.54) is 12.8 Å². The van der Waals surface area contributed by atoms with E-state index in [0.717, 1.165) is 19.1 Å². The Morgan fingerprint density at radius 1 is 1.42 bits per heavy atom. The molecule has 0 aromatic carbocycles. The topological polar surface area (TPSA) is 40.5 Å². The summed E-state index contributed by atoms with van der Waals surface area (Å²) in [6, 6.07) is 0.719. The molecular formula is C9H15NO2. The van der Waals surface area contributed by atoms with Gasteiger partial charge in [-0.15, -0.1) is 0 Å². The van der Waals surface area contributed by atoms with E-state index < -0.39 is 5.97 Å². The lowest BCUT2D eigenvalue weighted by molar-refractivity contribution is -0.142. The van der Waals surface area contributed by atoms with Gasteiger partial charge in [0.05, 0.1) is 5.92 Å². The van der Waals surface area contributed by atoms with Crippen molar-refractivity contribution in [3.63, 3.8) is 0 Å². The molecule has 0 radical (unpaired) electrons. The van der Waals surface area contributed by atoms with Crippen molar-refractivity contribution in [1.82, 2.24) is 4.90 Å². The molecule has 1 heterocycles. The fraction of sp³-hybridized carbons (Fsp3) is 0.889. The summed E-state index contributed by atoms with van der Waals surface area (Å²) in [6.07, 6.45) is 2.55. The summed E-state index contributed by atoms with van der Waals surface area (Å²) in [7, 11) is 0. The average Bonchev–Trinajstić information content (AvgIpc) is 2.75. The molecule has 0 aromatic rings. The molecule has 2 aliphatic rings. The van der Waals surface area contributed by atoms with Crippen LogP contribution >= 0.6 is 0 Å². The van der Waals surface area contributed by atoms with E-state index in [4.69, 9.17) is 5.11 Å². The number of likely N-dealkylation sites (tertiary alicyclic amines) is 1. The molecule has 2 rings (SSSR count). The molecule has 2 atom stereocenters. The highest BCUT2D eigenvalue weighted by atomic mass is 16.4. The van der Waals surface area contributed by atoms with Crippen LogP contribution in [0.2, 0.25) is 0 Å². The first-order chi connectivity index (χ1) is 5.68. The van der Waals surface area contributed by atoms with Crippen LogP contribution in [0.4, 0.5) is 0 Å². The number of carbonyl (C=O) groups is 1. The predicted molar refractivity (Wildman–Crippen MR) is 44.9 cm³/mol. The highest BCUT2D eigenvalue weighted by Crippen LogP contribution is 2.34. The lowest BCUT2D eigenvalue weighted by Crippen LogP contribution is -2.25. The fourth-order valence-electron chi connectivity index (χ4n) is 2.06. The lowest BCUT2D eigenvalue weighted by atomic mass is 9.99. The van der Waals surface area contributed by atoms with Gasteiger partial charge in [0.15, 0.2) is 0 Å². The number of hydrogen-bond donors (Lipinski definition) is 1. The zero-order valence-corrected chi connectivity index (χ0v) is 7.36. The Hall–Kier alpha value is -0.570. The minimum atomic E-state index is -0.620. The van der Waals surface area contributed by atoms with Crippen molar-refractivity contribution in [1.29, 1.82) is 0 Å².